The Morgan fingerprint density at radius 3 is 2.39 bits per heavy atom. The van der Waals surface area contributed by atoms with Gasteiger partial charge in [-0.2, -0.15) is 0 Å². The molecule has 1 aliphatic heterocycles. The van der Waals surface area contributed by atoms with E-state index in [2.05, 4.69) is 18.3 Å². The maximum Gasteiger partial charge on any atom is 0.335 e. The van der Waals surface area contributed by atoms with E-state index in [1.165, 1.54) is 17.7 Å². The summed E-state index contributed by atoms with van der Waals surface area (Å²) in [4.78, 5) is 39.5. The van der Waals surface area contributed by atoms with Crippen LogP contribution in [0.3, 0.4) is 0 Å². The molecule has 33 heavy (non-hydrogen) atoms. The summed E-state index contributed by atoms with van der Waals surface area (Å²) in [7, 11) is 0. The molecule has 0 unspecified atom stereocenters. The van der Waals surface area contributed by atoms with Crippen molar-refractivity contribution in [2.45, 2.75) is 32.2 Å². The highest BCUT2D eigenvalue weighted by molar-refractivity contribution is 6.02. The molecule has 3 aromatic rings. The zero-order chi connectivity index (χ0) is 23.4. The molecule has 0 aliphatic carbocycles. The molecule has 0 radical (unpaired) electrons. The van der Waals surface area contributed by atoms with Crippen molar-refractivity contribution >= 4 is 23.5 Å². The maximum atomic E-state index is 13.4. The number of rotatable bonds is 7. The van der Waals surface area contributed by atoms with Crippen LogP contribution in [0.15, 0.2) is 72.8 Å². The second-order valence-corrected chi connectivity index (χ2v) is 8.17. The van der Waals surface area contributed by atoms with Crippen molar-refractivity contribution in [3.63, 3.8) is 0 Å². The standard InChI is InChI=1S/C27H26N2O4/c1-2-18-8-13-23-21(16-18)14-15-29(26(23)31)24(17-19-6-4-3-5-7-19)25(30)28-22-11-9-20(10-12-22)27(32)33/h3-13,16,24H,2,14-15,17H2,1H3,(H,28,30)(H,32,33)/t24-/m0/s1. The lowest BCUT2D eigenvalue weighted by Crippen LogP contribution is -2.51. The number of nitrogens with zero attached hydrogens (tertiary/aromatic N) is 1. The highest BCUT2D eigenvalue weighted by Crippen LogP contribution is 2.24. The predicted molar refractivity (Wildman–Crippen MR) is 127 cm³/mol. The molecule has 2 N–H and O–H groups in total. The van der Waals surface area contributed by atoms with Gasteiger partial charge < -0.3 is 15.3 Å². The molecule has 1 aliphatic rings. The van der Waals surface area contributed by atoms with Gasteiger partial charge in [-0.15, -0.1) is 0 Å². The largest absolute Gasteiger partial charge is 0.478 e. The first-order valence-corrected chi connectivity index (χ1v) is 11.1. The average molecular weight is 443 g/mol. The van der Waals surface area contributed by atoms with Crippen LogP contribution in [0.5, 0.6) is 0 Å². The summed E-state index contributed by atoms with van der Waals surface area (Å²) in [5, 5.41) is 12.0. The van der Waals surface area contributed by atoms with Gasteiger partial charge in [-0.3, -0.25) is 9.59 Å². The lowest BCUT2D eigenvalue weighted by Gasteiger charge is -2.35. The van der Waals surface area contributed by atoms with Crippen molar-refractivity contribution in [3.8, 4) is 0 Å². The molecule has 1 heterocycles. The smallest absolute Gasteiger partial charge is 0.335 e. The summed E-state index contributed by atoms with van der Waals surface area (Å²) in [5.41, 5.74) is 4.45. The Morgan fingerprint density at radius 2 is 1.73 bits per heavy atom. The van der Waals surface area contributed by atoms with Crippen molar-refractivity contribution in [1.82, 2.24) is 4.90 Å². The molecule has 6 heteroatoms. The Labute approximate surface area is 192 Å². The average Bonchev–Trinajstić information content (AvgIpc) is 2.84. The zero-order valence-corrected chi connectivity index (χ0v) is 18.5. The van der Waals surface area contributed by atoms with Crippen molar-refractivity contribution in [1.29, 1.82) is 0 Å². The summed E-state index contributed by atoms with van der Waals surface area (Å²) >= 11 is 0. The number of fused-ring (bicyclic) bond motifs is 1. The van der Waals surface area contributed by atoms with Crippen LogP contribution < -0.4 is 5.32 Å². The predicted octanol–water partition coefficient (Wildman–Crippen LogP) is 4.20. The second-order valence-electron chi connectivity index (χ2n) is 8.17. The molecule has 0 saturated carbocycles. The minimum atomic E-state index is -1.03. The zero-order valence-electron chi connectivity index (χ0n) is 18.5. The first kappa shape index (κ1) is 22.3. The summed E-state index contributed by atoms with van der Waals surface area (Å²) in [6.45, 7) is 2.55. The summed E-state index contributed by atoms with van der Waals surface area (Å²) < 4.78 is 0. The van der Waals surface area contributed by atoms with E-state index in [0.717, 1.165) is 17.5 Å². The number of anilines is 1. The number of hydrogen-bond donors (Lipinski definition) is 2. The van der Waals surface area contributed by atoms with Gasteiger partial charge in [0.2, 0.25) is 5.91 Å². The van der Waals surface area contributed by atoms with Crippen molar-refractivity contribution in [2.75, 3.05) is 11.9 Å². The normalized spacial score (nSPS) is 13.8. The van der Waals surface area contributed by atoms with Gasteiger partial charge in [0.25, 0.3) is 5.91 Å². The van der Waals surface area contributed by atoms with Gasteiger partial charge in [0, 0.05) is 24.2 Å². The van der Waals surface area contributed by atoms with Crippen LogP contribution in [0.2, 0.25) is 0 Å². The Hall–Kier alpha value is -3.93. The van der Waals surface area contributed by atoms with Gasteiger partial charge in [-0.25, -0.2) is 4.79 Å². The monoisotopic (exact) mass is 442 g/mol. The van der Waals surface area contributed by atoms with Crippen LogP contribution in [0.25, 0.3) is 0 Å². The number of carboxylic acids is 1. The number of nitrogens with one attached hydrogen (secondary N) is 1. The quantitative estimate of drug-likeness (QED) is 0.574. The minimum Gasteiger partial charge on any atom is -0.478 e. The molecular weight excluding hydrogens is 416 g/mol. The summed E-state index contributed by atoms with van der Waals surface area (Å²) in [6, 6.07) is 20.8. The van der Waals surface area contributed by atoms with E-state index < -0.39 is 12.0 Å². The topological polar surface area (TPSA) is 86.7 Å². The van der Waals surface area contributed by atoms with Crippen LogP contribution in [-0.2, 0) is 24.1 Å². The molecule has 3 aromatic carbocycles. The fraction of sp³-hybridized carbons (Fsp3) is 0.222. The fourth-order valence-corrected chi connectivity index (χ4v) is 4.18. The van der Waals surface area contributed by atoms with Gasteiger partial charge >= 0.3 is 5.97 Å². The lowest BCUT2D eigenvalue weighted by molar-refractivity contribution is -0.120. The molecule has 4 rings (SSSR count). The Kier molecular flexibility index (Phi) is 6.54. The highest BCUT2D eigenvalue weighted by atomic mass is 16.4. The van der Waals surface area contributed by atoms with Gasteiger partial charge in [0.1, 0.15) is 6.04 Å². The molecule has 2 amide bonds. The van der Waals surface area contributed by atoms with Gasteiger partial charge in [0.15, 0.2) is 0 Å². The third-order valence-electron chi connectivity index (χ3n) is 6.04. The van der Waals surface area contributed by atoms with Gasteiger partial charge in [-0.05, 0) is 59.9 Å². The Balaban J connectivity index is 1.61. The van der Waals surface area contributed by atoms with Gasteiger partial charge in [-0.1, -0.05) is 49.4 Å². The SMILES string of the molecule is CCc1ccc2c(c1)CCN([C@@H](Cc1ccccc1)C(=O)Nc1ccc(C(=O)O)cc1)C2=O. The van der Waals surface area contributed by atoms with E-state index in [1.54, 1.807) is 17.0 Å². The number of carbonyl (C=O) groups is 3. The number of carboxylic acid groups (broad SMARTS) is 1. The number of benzene rings is 3. The second kappa shape index (κ2) is 9.69. The van der Waals surface area contributed by atoms with Crippen LogP contribution in [0.4, 0.5) is 5.69 Å². The fourth-order valence-electron chi connectivity index (χ4n) is 4.18. The molecule has 168 valence electrons. The van der Waals surface area contributed by atoms with E-state index >= 15 is 0 Å². The number of carbonyl (C=O) groups excluding carboxylic acids is 2. The van der Waals surface area contributed by atoms with E-state index in [4.69, 9.17) is 5.11 Å². The van der Waals surface area contributed by atoms with Crippen molar-refractivity contribution < 1.29 is 19.5 Å². The highest BCUT2D eigenvalue weighted by Gasteiger charge is 2.34. The summed E-state index contributed by atoms with van der Waals surface area (Å²) in [6.07, 6.45) is 1.99. The Morgan fingerprint density at radius 1 is 1.00 bits per heavy atom. The number of aromatic carboxylic acids is 1. The molecule has 6 nitrogen and oxygen atoms in total. The number of hydrogen-bond acceptors (Lipinski definition) is 3. The minimum absolute atomic E-state index is 0.142. The molecule has 0 fully saturated rings. The first-order chi connectivity index (χ1) is 16.0. The summed E-state index contributed by atoms with van der Waals surface area (Å²) in [5.74, 6) is -1.47. The third-order valence-corrected chi connectivity index (χ3v) is 6.04. The van der Waals surface area contributed by atoms with E-state index in [9.17, 15) is 14.4 Å². The van der Waals surface area contributed by atoms with E-state index in [1.807, 2.05) is 42.5 Å². The number of aryl methyl sites for hydroxylation is 1. The molecule has 0 aromatic heterocycles. The van der Waals surface area contributed by atoms with Crippen molar-refractivity contribution in [2.24, 2.45) is 0 Å². The lowest BCUT2D eigenvalue weighted by atomic mass is 9.93. The van der Waals surface area contributed by atoms with E-state index in [0.29, 0.717) is 30.6 Å². The number of amides is 2. The van der Waals surface area contributed by atoms with Crippen molar-refractivity contribution in [3.05, 3.63) is 101 Å². The molecule has 0 saturated heterocycles. The molecule has 1 atom stereocenters. The molecular formula is C27H26N2O4. The molecule has 0 spiro atoms. The molecule has 0 bridgehead atoms. The van der Waals surface area contributed by atoms with Crippen LogP contribution >= 0.6 is 0 Å². The van der Waals surface area contributed by atoms with Crippen LogP contribution in [-0.4, -0.2) is 40.4 Å². The van der Waals surface area contributed by atoms with E-state index in [-0.39, 0.29) is 17.4 Å². The van der Waals surface area contributed by atoms with Crippen LogP contribution in [0, 0.1) is 0 Å². The van der Waals surface area contributed by atoms with Crippen LogP contribution in [0.1, 0.15) is 44.3 Å². The Bertz CT molecular complexity index is 1170. The first-order valence-electron chi connectivity index (χ1n) is 11.1. The maximum absolute atomic E-state index is 13.4. The third kappa shape index (κ3) is 4.95. The van der Waals surface area contributed by atoms with Gasteiger partial charge in [0.05, 0.1) is 5.56 Å².